The van der Waals surface area contributed by atoms with Gasteiger partial charge in [-0.05, 0) is 33.5 Å². The highest BCUT2D eigenvalue weighted by molar-refractivity contribution is 7.17. The van der Waals surface area contributed by atoms with Crippen molar-refractivity contribution in [3.8, 4) is 11.5 Å². The van der Waals surface area contributed by atoms with Crippen molar-refractivity contribution >= 4 is 29.5 Å². The zero-order valence-corrected chi connectivity index (χ0v) is 20.3. The van der Waals surface area contributed by atoms with Crippen LogP contribution in [0.15, 0.2) is 90.3 Å². The van der Waals surface area contributed by atoms with E-state index in [1.165, 1.54) is 26.8 Å². The van der Waals surface area contributed by atoms with Gasteiger partial charge in [-0.15, -0.1) is 16.9 Å². The summed E-state index contributed by atoms with van der Waals surface area (Å²) in [6, 6.07) is 30.3. The van der Waals surface area contributed by atoms with Crippen molar-refractivity contribution < 1.29 is 0 Å². The van der Waals surface area contributed by atoms with E-state index in [0.717, 1.165) is 13.1 Å². The molecule has 156 valence electrons. The summed E-state index contributed by atoms with van der Waals surface area (Å²) in [5, 5.41) is 3.64. The van der Waals surface area contributed by atoms with Gasteiger partial charge in [0.1, 0.15) is 8.07 Å². The van der Waals surface area contributed by atoms with Gasteiger partial charge in [0, 0.05) is 17.8 Å². The summed E-state index contributed by atoms with van der Waals surface area (Å²) in [5.41, 5.74) is 7.65. The molecule has 0 bridgehead atoms. The minimum atomic E-state index is -1.51. The first-order valence-corrected chi connectivity index (χ1v) is 15.2. The number of hydrogen-bond donors (Lipinski definition) is 0. The standard InChI is InChI=1S/C28H29NSSi/c1-31(2,3)19-18-27(26-22-30-28-17-11-10-16-25(26)28)29(20-23-12-6-4-7-13-23)21-24-14-8-5-9-15-24/h4-17,22,27H,20-21H2,1-3H3/t27-/m1/s1. The van der Waals surface area contributed by atoms with Gasteiger partial charge in [0.05, 0.1) is 6.04 Å². The molecule has 3 heteroatoms. The molecule has 0 aliphatic heterocycles. The fourth-order valence-corrected chi connectivity index (χ4v) is 5.28. The Labute approximate surface area is 191 Å². The van der Waals surface area contributed by atoms with Gasteiger partial charge in [-0.25, -0.2) is 0 Å². The van der Waals surface area contributed by atoms with Crippen LogP contribution in [0.1, 0.15) is 22.7 Å². The zero-order valence-electron chi connectivity index (χ0n) is 18.5. The molecule has 4 aromatic rings. The number of hydrogen-bond acceptors (Lipinski definition) is 2. The van der Waals surface area contributed by atoms with E-state index in [0.29, 0.717) is 0 Å². The molecule has 0 saturated heterocycles. The molecule has 1 nitrogen and oxygen atoms in total. The van der Waals surface area contributed by atoms with E-state index >= 15 is 0 Å². The Balaban J connectivity index is 1.80. The molecule has 0 fully saturated rings. The summed E-state index contributed by atoms with van der Waals surface area (Å²) >= 11 is 1.82. The molecule has 0 radical (unpaired) electrons. The third-order valence-electron chi connectivity index (χ3n) is 5.21. The van der Waals surface area contributed by atoms with Gasteiger partial charge in [-0.1, -0.05) is 104 Å². The first-order chi connectivity index (χ1) is 15.0. The van der Waals surface area contributed by atoms with Gasteiger partial charge in [0.15, 0.2) is 0 Å². The van der Waals surface area contributed by atoms with E-state index in [1.54, 1.807) is 0 Å². The predicted octanol–water partition coefficient (Wildman–Crippen LogP) is 7.53. The minimum absolute atomic E-state index is 0.0586. The molecule has 1 heterocycles. The number of nitrogens with zero attached hydrogens (tertiary/aromatic N) is 1. The summed E-state index contributed by atoms with van der Waals surface area (Å²) in [4.78, 5) is 2.53. The zero-order chi connectivity index (χ0) is 21.7. The highest BCUT2D eigenvalue weighted by Crippen LogP contribution is 2.34. The lowest BCUT2D eigenvalue weighted by Gasteiger charge is -2.29. The maximum absolute atomic E-state index is 3.74. The van der Waals surface area contributed by atoms with Crippen molar-refractivity contribution in [3.05, 3.63) is 107 Å². The highest BCUT2D eigenvalue weighted by Gasteiger charge is 2.23. The average molecular weight is 440 g/mol. The second-order valence-corrected chi connectivity index (χ2v) is 14.6. The average Bonchev–Trinajstić information content (AvgIpc) is 3.19. The van der Waals surface area contributed by atoms with Crippen LogP contribution in [-0.2, 0) is 13.1 Å². The fourth-order valence-electron chi connectivity index (χ4n) is 3.74. The van der Waals surface area contributed by atoms with Crippen LogP contribution in [0.4, 0.5) is 0 Å². The lowest BCUT2D eigenvalue weighted by Crippen LogP contribution is -2.28. The van der Waals surface area contributed by atoms with Gasteiger partial charge in [-0.3, -0.25) is 4.90 Å². The van der Waals surface area contributed by atoms with Gasteiger partial charge in [-0.2, -0.15) is 0 Å². The van der Waals surface area contributed by atoms with Crippen LogP contribution in [0.5, 0.6) is 0 Å². The third-order valence-corrected chi connectivity index (χ3v) is 7.09. The Morgan fingerprint density at radius 3 is 1.90 bits per heavy atom. The Hall–Kier alpha value is -2.64. The van der Waals surface area contributed by atoms with Crippen molar-refractivity contribution in [1.82, 2.24) is 4.90 Å². The van der Waals surface area contributed by atoms with Gasteiger partial charge >= 0.3 is 0 Å². The first kappa shape index (κ1) is 21.6. The molecule has 0 unspecified atom stereocenters. The smallest absolute Gasteiger partial charge is 0.129 e. The van der Waals surface area contributed by atoms with Gasteiger partial charge in [0.2, 0.25) is 0 Å². The molecular formula is C28H29NSSi. The lowest BCUT2D eigenvalue weighted by atomic mass is 10.0. The summed E-state index contributed by atoms with van der Waals surface area (Å²) in [7, 11) is -1.51. The molecule has 0 aliphatic carbocycles. The summed E-state index contributed by atoms with van der Waals surface area (Å²) < 4.78 is 1.33. The van der Waals surface area contributed by atoms with Crippen LogP contribution in [0.25, 0.3) is 10.1 Å². The monoisotopic (exact) mass is 439 g/mol. The van der Waals surface area contributed by atoms with Crippen LogP contribution >= 0.6 is 11.3 Å². The van der Waals surface area contributed by atoms with E-state index < -0.39 is 8.07 Å². The van der Waals surface area contributed by atoms with Crippen LogP contribution in [0.3, 0.4) is 0 Å². The molecule has 4 rings (SSSR count). The van der Waals surface area contributed by atoms with Crippen LogP contribution in [0.2, 0.25) is 19.6 Å². The van der Waals surface area contributed by atoms with E-state index in [2.05, 4.69) is 126 Å². The molecule has 0 saturated carbocycles. The normalized spacial score (nSPS) is 12.5. The number of thiophene rings is 1. The molecule has 0 aliphatic rings. The van der Waals surface area contributed by atoms with Crippen molar-refractivity contribution in [1.29, 1.82) is 0 Å². The number of benzene rings is 3. The highest BCUT2D eigenvalue weighted by atomic mass is 32.1. The summed E-state index contributed by atoms with van der Waals surface area (Å²) in [6.45, 7) is 8.69. The maximum atomic E-state index is 3.74. The lowest BCUT2D eigenvalue weighted by molar-refractivity contribution is 0.220. The Bertz CT molecular complexity index is 1140. The van der Waals surface area contributed by atoms with Crippen LogP contribution in [0, 0.1) is 11.5 Å². The summed E-state index contributed by atoms with van der Waals surface area (Å²) in [6.07, 6.45) is 0. The van der Waals surface area contributed by atoms with Crippen molar-refractivity contribution in [2.45, 2.75) is 38.8 Å². The quantitative estimate of drug-likeness (QED) is 0.222. The van der Waals surface area contributed by atoms with Crippen LogP contribution < -0.4 is 0 Å². The van der Waals surface area contributed by atoms with Gasteiger partial charge < -0.3 is 0 Å². The SMILES string of the molecule is C[Si](C)(C)C#C[C@H](c1csc2ccccc12)N(Cc1ccccc1)Cc1ccccc1. The molecule has 0 N–H and O–H groups in total. The first-order valence-electron chi connectivity index (χ1n) is 10.8. The fraction of sp³-hybridized carbons (Fsp3) is 0.214. The molecule has 0 spiro atoms. The van der Waals surface area contributed by atoms with Gasteiger partial charge in [0.25, 0.3) is 0 Å². The Kier molecular flexibility index (Phi) is 6.73. The number of rotatable bonds is 6. The van der Waals surface area contributed by atoms with E-state index in [9.17, 15) is 0 Å². The minimum Gasteiger partial charge on any atom is -0.277 e. The number of fused-ring (bicyclic) bond motifs is 1. The van der Waals surface area contributed by atoms with Crippen molar-refractivity contribution in [2.24, 2.45) is 0 Å². The Morgan fingerprint density at radius 1 is 0.774 bits per heavy atom. The van der Waals surface area contributed by atoms with E-state index in [1.807, 2.05) is 11.3 Å². The van der Waals surface area contributed by atoms with Crippen LogP contribution in [-0.4, -0.2) is 13.0 Å². The van der Waals surface area contributed by atoms with E-state index in [-0.39, 0.29) is 6.04 Å². The largest absolute Gasteiger partial charge is 0.277 e. The van der Waals surface area contributed by atoms with Crippen molar-refractivity contribution in [2.75, 3.05) is 0 Å². The Morgan fingerprint density at radius 2 is 1.32 bits per heavy atom. The van der Waals surface area contributed by atoms with E-state index in [4.69, 9.17) is 0 Å². The predicted molar refractivity (Wildman–Crippen MR) is 138 cm³/mol. The second-order valence-electron chi connectivity index (χ2n) is 8.99. The topological polar surface area (TPSA) is 3.24 Å². The molecule has 31 heavy (non-hydrogen) atoms. The summed E-state index contributed by atoms with van der Waals surface area (Å²) in [5.74, 6) is 3.74. The molecule has 0 amide bonds. The molecule has 3 aromatic carbocycles. The third kappa shape index (κ3) is 5.74. The second kappa shape index (κ2) is 9.66. The van der Waals surface area contributed by atoms with Crippen molar-refractivity contribution in [3.63, 3.8) is 0 Å². The molecular weight excluding hydrogens is 410 g/mol. The maximum Gasteiger partial charge on any atom is 0.129 e. The molecule has 1 atom stereocenters. The molecule has 1 aromatic heterocycles.